The molecule has 0 saturated heterocycles. The summed E-state index contributed by atoms with van der Waals surface area (Å²) < 4.78 is 0. The number of hydrogen-bond acceptors (Lipinski definition) is 0. The molecular weight excluding hydrogens is 348 g/mol. The molecule has 0 heteroatoms. The molecule has 0 spiro atoms. The van der Waals surface area contributed by atoms with Gasteiger partial charge in [-0.2, -0.15) is 0 Å². The molecule has 5 aliphatic rings. The first kappa shape index (κ1) is 20.9. The van der Waals surface area contributed by atoms with Gasteiger partial charge in [0.25, 0.3) is 0 Å². The number of fused-ring (bicyclic) bond motifs is 7. The van der Waals surface area contributed by atoms with Crippen LogP contribution in [0, 0.1) is 62.6 Å². The third-order valence-electron chi connectivity index (χ3n) is 13.7. The molecule has 5 rings (SSSR count). The van der Waals surface area contributed by atoms with Gasteiger partial charge in [-0.3, -0.25) is 0 Å². The summed E-state index contributed by atoms with van der Waals surface area (Å²) in [4.78, 5) is 0. The molecule has 0 aromatic rings. The van der Waals surface area contributed by atoms with Crippen molar-refractivity contribution in [1.29, 1.82) is 0 Å². The summed E-state index contributed by atoms with van der Waals surface area (Å²) in [6.45, 7) is 21.5. The van der Waals surface area contributed by atoms with Crippen LogP contribution in [0.2, 0.25) is 0 Å². The van der Waals surface area contributed by atoms with Crippen molar-refractivity contribution < 1.29 is 0 Å². The molecule has 0 aromatic heterocycles. The van der Waals surface area contributed by atoms with Gasteiger partial charge >= 0.3 is 0 Å². The second kappa shape index (κ2) is 6.07. The molecule has 166 valence electrons. The smallest absolute Gasteiger partial charge is 0.0235 e. The third kappa shape index (κ3) is 2.39. The van der Waals surface area contributed by atoms with Crippen LogP contribution in [0.5, 0.6) is 0 Å². The van der Waals surface area contributed by atoms with E-state index in [-0.39, 0.29) is 0 Å². The molecule has 0 bridgehead atoms. The van der Waals surface area contributed by atoms with E-state index in [0.29, 0.717) is 27.1 Å². The minimum absolute atomic E-state index is 0.525. The maximum atomic E-state index is 2.80. The van der Waals surface area contributed by atoms with E-state index in [1.54, 1.807) is 6.42 Å². The molecule has 10 atom stereocenters. The highest BCUT2D eigenvalue weighted by molar-refractivity contribution is 5.18. The zero-order chi connectivity index (χ0) is 21.0. The standard InChI is InChI=1S/C29H50/c1-19-11-14-26(5)17-18-28(7)21(24(19)26)9-10-23-27(6)15-12-20(2)25(3,4)22(27)13-16-29(23,28)8/h19-24H,9-18H2,1-8H3/t19?,20?,21?,22?,23?,24?,26?,27?,28-,29?/m1/s1. The predicted octanol–water partition coefficient (Wildman–Crippen LogP) is 8.74. The monoisotopic (exact) mass is 398 g/mol. The first-order chi connectivity index (χ1) is 13.4. The molecular formula is C29H50. The van der Waals surface area contributed by atoms with Crippen LogP contribution in [0.4, 0.5) is 0 Å². The largest absolute Gasteiger partial charge is 0.0622 e. The summed E-state index contributed by atoms with van der Waals surface area (Å²) >= 11 is 0. The first-order valence-electron chi connectivity index (χ1n) is 13.4. The fraction of sp³-hybridized carbons (Fsp3) is 1.00. The Morgan fingerprint density at radius 1 is 0.586 bits per heavy atom. The Bertz CT molecular complexity index is 676. The normalized spacial score (nSPS) is 61.2. The van der Waals surface area contributed by atoms with E-state index in [9.17, 15) is 0 Å². The van der Waals surface area contributed by atoms with Crippen LogP contribution in [0.1, 0.15) is 120 Å². The van der Waals surface area contributed by atoms with Crippen molar-refractivity contribution in [2.45, 2.75) is 120 Å². The molecule has 0 N–H and O–H groups in total. The Balaban J connectivity index is 1.54. The van der Waals surface area contributed by atoms with Crippen LogP contribution in [0.25, 0.3) is 0 Å². The molecule has 29 heavy (non-hydrogen) atoms. The highest BCUT2D eigenvalue weighted by Gasteiger charge is 2.69. The lowest BCUT2D eigenvalue weighted by Gasteiger charge is -2.73. The van der Waals surface area contributed by atoms with Crippen molar-refractivity contribution in [2.24, 2.45) is 62.6 Å². The van der Waals surface area contributed by atoms with Gasteiger partial charge < -0.3 is 0 Å². The summed E-state index contributed by atoms with van der Waals surface area (Å²) in [5.74, 6) is 5.76. The van der Waals surface area contributed by atoms with Gasteiger partial charge in [0, 0.05) is 0 Å². The zero-order valence-corrected chi connectivity index (χ0v) is 21.0. The lowest BCUT2D eigenvalue weighted by molar-refractivity contribution is -0.241. The average Bonchev–Trinajstić information content (AvgIpc) is 2.95. The molecule has 0 heterocycles. The second-order valence-electron chi connectivity index (χ2n) is 14.6. The second-order valence-corrected chi connectivity index (χ2v) is 14.6. The lowest BCUT2D eigenvalue weighted by Crippen LogP contribution is -2.65. The topological polar surface area (TPSA) is 0 Å². The summed E-state index contributed by atoms with van der Waals surface area (Å²) in [5.41, 5.74) is 2.92. The average molecular weight is 399 g/mol. The van der Waals surface area contributed by atoms with Crippen molar-refractivity contribution in [1.82, 2.24) is 0 Å². The molecule has 5 saturated carbocycles. The van der Waals surface area contributed by atoms with Gasteiger partial charge in [0.05, 0.1) is 0 Å². The van der Waals surface area contributed by atoms with E-state index in [2.05, 4.69) is 55.4 Å². The summed E-state index contributed by atoms with van der Waals surface area (Å²) in [6, 6.07) is 0. The summed E-state index contributed by atoms with van der Waals surface area (Å²) in [7, 11) is 0. The van der Waals surface area contributed by atoms with Gasteiger partial charge in [0.2, 0.25) is 0 Å². The summed E-state index contributed by atoms with van der Waals surface area (Å²) in [6.07, 6.45) is 15.1. The SMILES string of the molecule is CC1CCC2(C)CC[C@]3(C)C(CCC4C5(C)CCC(C)C(C)(C)C5CCC43C)C12. The molecule has 5 fully saturated rings. The molecule has 0 aliphatic heterocycles. The van der Waals surface area contributed by atoms with Gasteiger partial charge in [0.15, 0.2) is 0 Å². The van der Waals surface area contributed by atoms with E-state index in [1.807, 2.05) is 0 Å². The van der Waals surface area contributed by atoms with E-state index in [0.717, 1.165) is 35.5 Å². The van der Waals surface area contributed by atoms with E-state index in [1.165, 1.54) is 57.8 Å². The van der Waals surface area contributed by atoms with Crippen molar-refractivity contribution in [2.75, 3.05) is 0 Å². The van der Waals surface area contributed by atoms with E-state index in [4.69, 9.17) is 0 Å². The Morgan fingerprint density at radius 2 is 1.31 bits per heavy atom. The van der Waals surface area contributed by atoms with Crippen molar-refractivity contribution in [3.63, 3.8) is 0 Å². The van der Waals surface area contributed by atoms with Crippen LogP contribution in [0.15, 0.2) is 0 Å². The van der Waals surface area contributed by atoms with Crippen molar-refractivity contribution >= 4 is 0 Å². The van der Waals surface area contributed by atoms with Crippen molar-refractivity contribution in [3.05, 3.63) is 0 Å². The highest BCUT2D eigenvalue weighted by Crippen LogP contribution is 2.77. The molecule has 0 aromatic carbocycles. The van der Waals surface area contributed by atoms with Crippen LogP contribution in [0.3, 0.4) is 0 Å². The Morgan fingerprint density at radius 3 is 2.03 bits per heavy atom. The van der Waals surface area contributed by atoms with Gasteiger partial charge in [-0.05, 0) is 127 Å². The van der Waals surface area contributed by atoms with Gasteiger partial charge in [-0.25, -0.2) is 0 Å². The molecule has 0 nitrogen and oxygen atoms in total. The number of rotatable bonds is 0. The zero-order valence-electron chi connectivity index (χ0n) is 21.0. The minimum Gasteiger partial charge on any atom is -0.0622 e. The van der Waals surface area contributed by atoms with Crippen LogP contribution in [-0.2, 0) is 0 Å². The van der Waals surface area contributed by atoms with Crippen LogP contribution >= 0.6 is 0 Å². The van der Waals surface area contributed by atoms with Gasteiger partial charge in [-0.15, -0.1) is 0 Å². The molecule has 5 aliphatic carbocycles. The Labute approximate surface area is 182 Å². The first-order valence-corrected chi connectivity index (χ1v) is 13.4. The molecule has 0 amide bonds. The maximum absolute atomic E-state index is 2.80. The Kier molecular flexibility index (Phi) is 4.37. The minimum atomic E-state index is 0.525. The number of hydrogen-bond donors (Lipinski definition) is 0. The Hall–Kier alpha value is 0. The van der Waals surface area contributed by atoms with Crippen LogP contribution in [-0.4, -0.2) is 0 Å². The van der Waals surface area contributed by atoms with Crippen LogP contribution < -0.4 is 0 Å². The third-order valence-corrected chi connectivity index (χ3v) is 13.7. The summed E-state index contributed by atoms with van der Waals surface area (Å²) in [5, 5.41) is 0. The lowest BCUT2D eigenvalue weighted by atomic mass is 9.32. The molecule has 0 radical (unpaired) electrons. The highest BCUT2D eigenvalue weighted by atomic mass is 14.7. The fourth-order valence-corrected chi connectivity index (χ4v) is 11.5. The van der Waals surface area contributed by atoms with E-state index >= 15 is 0 Å². The van der Waals surface area contributed by atoms with E-state index < -0.39 is 0 Å². The predicted molar refractivity (Wildman–Crippen MR) is 125 cm³/mol. The van der Waals surface area contributed by atoms with Gasteiger partial charge in [-0.1, -0.05) is 55.4 Å². The quantitative estimate of drug-likeness (QED) is 0.382. The fourth-order valence-electron chi connectivity index (χ4n) is 11.5. The van der Waals surface area contributed by atoms with Crippen molar-refractivity contribution in [3.8, 4) is 0 Å². The molecule has 9 unspecified atom stereocenters. The maximum Gasteiger partial charge on any atom is -0.0235 e. The van der Waals surface area contributed by atoms with Gasteiger partial charge in [0.1, 0.15) is 0 Å².